The first-order valence-corrected chi connectivity index (χ1v) is 7.51. The maximum Gasteiger partial charge on any atom is 0.253 e. The van der Waals surface area contributed by atoms with Crippen molar-refractivity contribution < 1.29 is 9.53 Å². The van der Waals surface area contributed by atoms with Crippen LogP contribution in [0.2, 0.25) is 0 Å². The average molecular weight is 312 g/mol. The number of para-hydroxylation sites is 1. The molecule has 1 aromatic carbocycles. The van der Waals surface area contributed by atoms with Crippen molar-refractivity contribution in [3.05, 3.63) is 54.2 Å². The Bertz CT molecular complexity index is 819. The van der Waals surface area contributed by atoms with E-state index in [-0.39, 0.29) is 5.91 Å². The lowest BCUT2D eigenvalue weighted by Crippen LogP contribution is -2.24. The molecule has 0 atom stereocenters. The molecular weight excluding hydrogens is 292 g/mol. The summed E-state index contributed by atoms with van der Waals surface area (Å²) in [7, 11) is 3.61. The molecular formula is C17H20N4O2. The Morgan fingerprint density at radius 1 is 1.35 bits per heavy atom. The van der Waals surface area contributed by atoms with E-state index in [2.05, 4.69) is 10.3 Å². The molecule has 0 aliphatic heterocycles. The number of methoxy groups -OCH3 is 1. The Kier molecular flexibility index (Phi) is 4.43. The van der Waals surface area contributed by atoms with Crippen LogP contribution in [0.5, 0.6) is 0 Å². The number of fused-ring (bicyclic) bond motifs is 1. The zero-order valence-electron chi connectivity index (χ0n) is 13.3. The Balaban J connectivity index is 1.73. The van der Waals surface area contributed by atoms with Crippen LogP contribution < -0.4 is 5.32 Å². The lowest BCUT2D eigenvalue weighted by atomic mass is 10.1. The van der Waals surface area contributed by atoms with Gasteiger partial charge in [-0.2, -0.15) is 0 Å². The van der Waals surface area contributed by atoms with Crippen molar-refractivity contribution in [3.63, 3.8) is 0 Å². The second-order valence-electron chi connectivity index (χ2n) is 5.42. The third kappa shape index (κ3) is 3.12. The molecule has 3 aromatic rings. The van der Waals surface area contributed by atoms with Gasteiger partial charge in [-0.3, -0.25) is 4.79 Å². The van der Waals surface area contributed by atoms with Crippen molar-refractivity contribution in [1.29, 1.82) is 0 Å². The van der Waals surface area contributed by atoms with E-state index in [1.807, 2.05) is 46.6 Å². The number of nitrogens with zero attached hydrogens (tertiary/aromatic N) is 3. The van der Waals surface area contributed by atoms with Gasteiger partial charge in [0.25, 0.3) is 5.91 Å². The number of carbonyl (C=O) groups is 1. The van der Waals surface area contributed by atoms with Crippen LogP contribution in [0.25, 0.3) is 10.9 Å². The summed E-state index contributed by atoms with van der Waals surface area (Å²) in [5, 5.41) is 3.93. The molecule has 0 radical (unpaired) electrons. The maximum absolute atomic E-state index is 12.5. The average Bonchev–Trinajstić information content (AvgIpc) is 3.15. The second kappa shape index (κ2) is 6.66. The van der Waals surface area contributed by atoms with Crippen LogP contribution in [0.1, 0.15) is 16.1 Å². The predicted octanol–water partition coefficient (Wildman–Crippen LogP) is 1.95. The van der Waals surface area contributed by atoms with E-state index < -0.39 is 0 Å². The topological polar surface area (TPSA) is 61.1 Å². The number of rotatable bonds is 6. The highest BCUT2D eigenvalue weighted by molar-refractivity contribution is 6.06. The van der Waals surface area contributed by atoms with E-state index in [4.69, 9.17) is 4.74 Å². The Morgan fingerprint density at radius 3 is 3.00 bits per heavy atom. The minimum Gasteiger partial charge on any atom is -0.383 e. The van der Waals surface area contributed by atoms with Crippen LogP contribution in [-0.4, -0.2) is 33.7 Å². The number of aromatic nitrogens is 3. The highest BCUT2D eigenvalue weighted by atomic mass is 16.5. The molecule has 3 rings (SSSR count). The van der Waals surface area contributed by atoms with E-state index in [9.17, 15) is 4.79 Å². The van der Waals surface area contributed by atoms with Crippen molar-refractivity contribution in [2.75, 3.05) is 13.7 Å². The lowest BCUT2D eigenvalue weighted by Gasteiger charge is -2.08. The molecule has 1 N–H and O–H groups in total. The summed E-state index contributed by atoms with van der Waals surface area (Å²) in [5.74, 6) is -0.0821. The van der Waals surface area contributed by atoms with E-state index in [0.717, 1.165) is 23.1 Å². The highest BCUT2D eigenvalue weighted by Gasteiger charge is 2.13. The van der Waals surface area contributed by atoms with Gasteiger partial charge in [0, 0.05) is 44.0 Å². The molecule has 0 unspecified atom stereocenters. The normalized spacial score (nSPS) is 11.0. The summed E-state index contributed by atoms with van der Waals surface area (Å²) in [6, 6.07) is 7.89. The van der Waals surface area contributed by atoms with E-state index in [1.165, 1.54) is 0 Å². The number of amides is 1. The first-order valence-electron chi connectivity index (χ1n) is 7.51. The highest BCUT2D eigenvalue weighted by Crippen LogP contribution is 2.20. The van der Waals surface area contributed by atoms with Crippen molar-refractivity contribution in [2.45, 2.75) is 13.1 Å². The van der Waals surface area contributed by atoms with Gasteiger partial charge in [-0.15, -0.1) is 0 Å². The molecule has 2 heterocycles. The van der Waals surface area contributed by atoms with Crippen LogP contribution >= 0.6 is 0 Å². The molecule has 0 bridgehead atoms. The number of benzene rings is 1. The minimum absolute atomic E-state index is 0.0821. The fourth-order valence-electron chi connectivity index (χ4n) is 2.68. The molecule has 6 nitrogen and oxygen atoms in total. The van der Waals surface area contributed by atoms with Crippen molar-refractivity contribution in [3.8, 4) is 0 Å². The second-order valence-corrected chi connectivity index (χ2v) is 5.42. The lowest BCUT2D eigenvalue weighted by molar-refractivity contribution is 0.0951. The van der Waals surface area contributed by atoms with Gasteiger partial charge in [-0.1, -0.05) is 18.2 Å². The van der Waals surface area contributed by atoms with Crippen LogP contribution in [0.4, 0.5) is 0 Å². The van der Waals surface area contributed by atoms with Gasteiger partial charge in [-0.25, -0.2) is 4.98 Å². The summed E-state index contributed by atoms with van der Waals surface area (Å²) in [6.07, 6.45) is 5.37. The number of hydrogen-bond acceptors (Lipinski definition) is 3. The Labute approximate surface area is 134 Å². The first kappa shape index (κ1) is 15.3. The molecule has 1 amide bonds. The number of nitrogens with one attached hydrogen (secondary N) is 1. The van der Waals surface area contributed by atoms with Crippen molar-refractivity contribution in [1.82, 2.24) is 19.4 Å². The molecule has 23 heavy (non-hydrogen) atoms. The Hall–Kier alpha value is -2.60. The van der Waals surface area contributed by atoms with Gasteiger partial charge in [0.05, 0.1) is 30.7 Å². The number of imidazole rings is 1. The first-order chi connectivity index (χ1) is 11.2. The molecule has 6 heteroatoms. The molecule has 0 aliphatic rings. The molecule has 0 aliphatic carbocycles. The SMILES string of the molecule is COCCn1cncc1CNC(=O)c1cn(C)c2ccccc12. The van der Waals surface area contributed by atoms with Gasteiger partial charge >= 0.3 is 0 Å². The van der Waals surface area contributed by atoms with E-state index in [1.54, 1.807) is 19.6 Å². The van der Waals surface area contributed by atoms with Gasteiger partial charge in [0.2, 0.25) is 0 Å². The summed E-state index contributed by atoms with van der Waals surface area (Å²) in [4.78, 5) is 16.6. The van der Waals surface area contributed by atoms with E-state index >= 15 is 0 Å². The molecule has 0 saturated heterocycles. The number of aryl methyl sites for hydroxylation is 1. The van der Waals surface area contributed by atoms with Crippen LogP contribution in [0.3, 0.4) is 0 Å². The van der Waals surface area contributed by atoms with Gasteiger partial charge in [0.15, 0.2) is 0 Å². The van der Waals surface area contributed by atoms with Crippen molar-refractivity contribution in [2.24, 2.45) is 7.05 Å². The Morgan fingerprint density at radius 2 is 2.17 bits per heavy atom. The largest absolute Gasteiger partial charge is 0.383 e. The zero-order valence-corrected chi connectivity index (χ0v) is 13.3. The predicted molar refractivity (Wildman–Crippen MR) is 88.2 cm³/mol. The summed E-state index contributed by atoms with van der Waals surface area (Å²) >= 11 is 0. The van der Waals surface area contributed by atoms with Crippen molar-refractivity contribution >= 4 is 16.8 Å². The smallest absolute Gasteiger partial charge is 0.253 e. The van der Waals surface area contributed by atoms with Gasteiger partial charge in [0.1, 0.15) is 0 Å². The summed E-state index contributed by atoms with van der Waals surface area (Å²) in [5.41, 5.74) is 2.68. The minimum atomic E-state index is -0.0821. The maximum atomic E-state index is 12.5. The molecule has 2 aromatic heterocycles. The number of carbonyl (C=O) groups excluding carboxylic acids is 1. The summed E-state index contributed by atoms with van der Waals surface area (Å²) in [6.45, 7) is 1.77. The summed E-state index contributed by atoms with van der Waals surface area (Å²) < 4.78 is 9.02. The molecule has 0 spiro atoms. The fraction of sp³-hybridized carbons (Fsp3) is 0.294. The standard InChI is InChI=1S/C17H20N4O2/c1-20-11-15(14-5-3-4-6-16(14)20)17(22)19-10-13-9-18-12-21(13)7-8-23-2/h3-6,9,11-12H,7-8,10H2,1-2H3,(H,19,22). The van der Waals surface area contributed by atoms with E-state index in [0.29, 0.717) is 18.7 Å². The van der Waals surface area contributed by atoms with Crippen LogP contribution in [-0.2, 0) is 24.9 Å². The van der Waals surface area contributed by atoms with Crippen LogP contribution in [0, 0.1) is 0 Å². The monoisotopic (exact) mass is 312 g/mol. The number of ether oxygens (including phenoxy) is 1. The third-order valence-electron chi connectivity index (χ3n) is 3.91. The molecule has 0 saturated carbocycles. The molecule has 0 fully saturated rings. The molecule has 120 valence electrons. The third-order valence-corrected chi connectivity index (χ3v) is 3.91. The fourth-order valence-corrected chi connectivity index (χ4v) is 2.68. The number of hydrogen-bond donors (Lipinski definition) is 1. The quantitative estimate of drug-likeness (QED) is 0.757. The van der Waals surface area contributed by atoms with Crippen LogP contribution in [0.15, 0.2) is 43.0 Å². The van der Waals surface area contributed by atoms with Gasteiger partial charge in [-0.05, 0) is 6.07 Å². The zero-order chi connectivity index (χ0) is 16.2. The van der Waals surface area contributed by atoms with Gasteiger partial charge < -0.3 is 19.2 Å².